The Kier molecular flexibility index (Phi) is 5.89. The van der Waals surface area contributed by atoms with Crippen LogP contribution in [-0.2, 0) is 16.0 Å². The normalized spacial score (nSPS) is 12.0. The van der Waals surface area contributed by atoms with E-state index >= 15 is 0 Å². The number of amides is 1. The number of nitrogens with zero attached hydrogens (tertiary/aromatic N) is 2. The Bertz CT molecular complexity index is 1070. The molecular formula is C20H21N3O4S. The molecule has 3 rings (SSSR count). The first-order valence-electron chi connectivity index (χ1n) is 9.02. The zero-order chi connectivity index (χ0) is 20.3. The lowest BCUT2D eigenvalue weighted by Crippen LogP contribution is -2.31. The zero-order valence-electron chi connectivity index (χ0n) is 15.9. The van der Waals surface area contributed by atoms with Crippen molar-refractivity contribution in [2.45, 2.75) is 33.2 Å². The molecule has 0 fully saturated rings. The molecule has 1 N–H and O–H groups in total. The molecule has 0 spiro atoms. The van der Waals surface area contributed by atoms with E-state index in [9.17, 15) is 14.4 Å². The number of carbonyl (C=O) groups is 2. The summed E-state index contributed by atoms with van der Waals surface area (Å²) in [6.07, 6.45) is 2.24. The highest BCUT2D eigenvalue weighted by Crippen LogP contribution is 2.22. The number of rotatable bonds is 6. The van der Waals surface area contributed by atoms with Crippen molar-refractivity contribution in [3.05, 3.63) is 57.5 Å². The summed E-state index contributed by atoms with van der Waals surface area (Å²) < 4.78 is 6.26. The Morgan fingerprint density at radius 3 is 2.61 bits per heavy atom. The average molecular weight is 399 g/mol. The first-order valence-corrected chi connectivity index (χ1v) is 9.83. The Morgan fingerprint density at radius 1 is 1.25 bits per heavy atom. The van der Waals surface area contributed by atoms with Crippen molar-refractivity contribution >= 4 is 39.1 Å². The maximum Gasteiger partial charge on any atom is 0.338 e. The van der Waals surface area contributed by atoms with E-state index in [1.54, 1.807) is 38.1 Å². The molecule has 7 nitrogen and oxygen atoms in total. The number of anilines is 1. The van der Waals surface area contributed by atoms with Crippen LogP contribution in [0.1, 0.15) is 42.0 Å². The van der Waals surface area contributed by atoms with E-state index in [0.717, 1.165) is 11.3 Å². The number of hydrogen-bond donors (Lipinski definition) is 1. The number of fused-ring (bicyclic) bond motifs is 1. The second kappa shape index (κ2) is 8.35. The van der Waals surface area contributed by atoms with Gasteiger partial charge < -0.3 is 10.1 Å². The minimum atomic E-state index is -0.737. The fourth-order valence-corrected chi connectivity index (χ4v) is 3.64. The van der Waals surface area contributed by atoms with Crippen LogP contribution in [0.5, 0.6) is 0 Å². The van der Waals surface area contributed by atoms with Crippen molar-refractivity contribution in [3.63, 3.8) is 0 Å². The van der Waals surface area contributed by atoms with Gasteiger partial charge in [-0.3, -0.25) is 14.2 Å². The number of hydrogen-bond acceptors (Lipinski definition) is 6. The molecule has 0 aliphatic rings. The number of thiophene rings is 1. The molecule has 0 aliphatic heterocycles. The summed E-state index contributed by atoms with van der Waals surface area (Å²) in [6, 6.07) is 7.50. The lowest BCUT2D eigenvalue weighted by atomic mass is 10.2. The van der Waals surface area contributed by atoms with Gasteiger partial charge in [0.1, 0.15) is 10.9 Å². The van der Waals surface area contributed by atoms with Gasteiger partial charge in [-0.25, -0.2) is 9.78 Å². The van der Waals surface area contributed by atoms with Crippen LogP contribution in [0.4, 0.5) is 5.69 Å². The third-order valence-electron chi connectivity index (χ3n) is 4.34. The van der Waals surface area contributed by atoms with Gasteiger partial charge in [0.25, 0.3) is 5.56 Å². The number of aromatic nitrogens is 2. The number of esters is 1. The first-order chi connectivity index (χ1) is 13.4. The molecule has 0 bridgehead atoms. The summed E-state index contributed by atoms with van der Waals surface area (Å²) in [5, 5.41) is 3.28. The monoisotopic (exact) mass is 399 g/mol. The minimum Gasteiger partial charge on any atom is -0.462 e. The van der Waals surface area contributed by atoms with Gasteiger partial charge in [-0.05, 0) is 50.6 Å². The molecule has 0 radical (unpaired) electrons. The Balaban J connectivity index is 1.77. The van der Waals surface area contributed by atoms with Crippen LogP contribution in [0.25, 0.3) is 10.2 Å². The predicted molar refractivity (Wildman–Crippen MR) is 109 cm³/mol. The molecule has 146 valence electrons. The largest absolute Gasteiger partial charge is 0.462 e. The predicted octanol–water partition coefficient (Wildman–Crippen LogP) is 3.40. The molecule has 0 saturated heterocycles. The van der Waals surface area contributed by atoms with Gasteiger partial charge in [-0.1, -0.05) is 6.92 Å². The summed E-state index contributed by atoms with van der Waals surface area (Å²) in [5.74, 6) is -0.764. The Morgan fingerprint density at radius 2 is 1.96 bits per heavy atom. The second-order valence-corrected chi connectivity index (χ2v) is 7.32. The summed E-state index contributed by atoms with van der Waals surface area (Å²) in [5.41, 5.74) is 0.694. The molecule has 0 aliphatic carbocycles. The van der Waals surface area contributed by atoms with E-state index in [4.69, 9.17) is 4.74 Å². The van der Waals surface area contributed by atoms with Crippen molar-refractivity contribution in [1.82, 2.24) is 9.55 Å². The molecule has 1 atom stereocenters. The summed E-state index contributed by atoms with van der Waals surface area (Å²) in [4.78, 5) is 43.1. The Hall–Kier alpha value is -3.00. The third kappa shape index (κ3) is 3.96. The fraction of sp³-hybridized carbons (Fsp3) is 0.300. The van der Waals surface area contributed by atoms with E-state index < -0.39 is 12.0 Å². The summed E-state index contributed by atoms with van der Waals surface area (Å²) in [7, 11) is 0. The van der Waals surface area contributed by atoms with Gasteiger partial charge in [-0.2, -0.15) is 0 Å². The third-order valence-corrected chi connectivity index (χ3v) is 5.52. The summed E-state index contributed by atoms with van der Waals surface area (Å²) in [6.45, 7) is 5.70. The van der Waals surface area contributed by atoms with Crippen LogP contribution in [0.15, 0.2) is 41.5 Å². The van der Waals surface area contributed by atoms with Crippen LogP contribution in [0.2, 0.25) is 0 Å². The van der Waals surface area contributed by atoms with E-state index in [1.807, 2.05) is 13.0 Å². The number of ether oxygens (including phenoxy) is 1. The number of nitrogens with one attached hydrogen (secondary N) is 1. The van der Waals surface area contributed by atoms with E-state index in [1.165, 1.54) is 22.2 Å². The molecule has 3 aromatic rings. The summed E-state index contributed by atoms with van der Waals surface area (Å²) >= 11 is 1.49. The van der Waals surface area contributed by atoms with Gasteiger partial charge in [0.05, 0.1) is 23.9 Å². The molecule has 2 aromatic heterocycles. The standard InChI is InChI=1S/C20H21N3O4S/c1-4-15-10-16-18(28-15)21-11-23(19(16)25)12(3)17(24)22-14-8-6-13(7-9-14)20(26)27-5-2/h6-12H,4-5H2,1-3H3,(H,22,24). The van der Waals surface area contributed by atoms with E-state index in [0.29, 0.717) is 28.1 Å². The van der Waals surface area contributed by atoms with Crippen LogP contribution < -0.4 is 10.9 Å². The van der Waals surface area contributed by atoms with Crippen molar-refractivity contribution in [2.24, 2.45) is 0 Å². The van der Waals surface area contributed by atoms with Crippen LogP contribution in [0, 0.1) is 0 Å². The maximum atomic E-state index is 12.7. The maximum absolute atomic E-state index is 12.7. The smallest absolute Gasteiger partial charge is 0.338 e. The average Bonchev–Trinajstić information content (AvgIpc) is 3.13. The molecule has 28 heavy (non-hydrogen) atoms. The Labute approximate surface area is 166 Å². The molecule has 2 heterocycles. The van der Waals surface area contributed by atoms with Crippen molar-refractivity contribution in [3.8, 4) is 0 Å². The van der Waals surface area contributed by atoms with Gasteiger partial charge >= 0.3 is 5.97 Å². The van der Waals surface area contributed by atoms with Gasteiger partial charge in [0.2, 0.25) is 5.91 Å². The van der Waals surface area contributed by atoms with Crippen LogP contribution >= 0.6 is 11.3 Å². The van der Waals surface area contributed by atoms with Gasteiger partial charge in [0, 0.05) is 10.6 Å². The zero-order valence-corrected chi connectivity index (χ0v) is 16.7. The molecule has 1 aromatic carbocycles. The highest BCUT2D eigenvalue weighted by atomic mass is 32.1. The fourth-order valence-electron chi connectivity index (χ4n) is 2.71. The van der Waals surface area contributed by atoms with E-state index in [2.05, 4.69) is 10.3 Å². The lowest BCUT2D eigenvalue weighted by Gasteiger charge is -2.15. The van der Waals surface area contributed by atoms with E-state index in [-0.39, 0.29) is 11.5 Å². The quantitative estimate of drug-likeness (QED) is 0.642. The number of benzene rings is 1. The molecule has 1 amide bonds. The molecule has 8 heteroatoms. The van der Waals surface area contributed by atoms with Crippen LogP contribution in [0.3, 0.4) is 0 Å². The van der Waals surface area contributed by atoms with Gasteiger partial charge in [-0.15, -0.1) is 11.3 Å². The highest BCUT2D eigenvalue weighted by molar-refractivity contribution is 7.18. The number of carbonyl (C=O) groups excluding carboxylic acids is 2. The van der Waals surface area contributed by atoms with Crippen molar-refractivity contribution < 1.29 is 14.3 Å². The molecular weight excluding hydrogens is 378 g/mol. The SMILES string of the molecule is CCOC(=O)c1ccc(NC(=O)C(C)n2cnc3sc(CC)cc3c2=O)cc1. The molecule has 0 saturated carbocycles. The van der Waals surface area contributed by atoms with Crippen molar-refractivity contribution in [1.29, 1.82) is 0 Å². The highest BCUT2D eigenvalue weighted by Gasteiger charge is 2.19. The lowest BCUT2D eigenvalue weighted by molar-refractivity contribution is -0.118. The van der Waals surface area contributed by atoms with Crippen LogP contribution in [-0.4, -0.2) is 28.0 Å². The minimum absolute atomic E-state index is 0.235. The van der Waals surface area contributed by atoms with Crippen molar-refractivity contribution in [2.75, 3.05) is 11.9 Å². The van der Waals surface area contributed by atoms with Gasteiger partial charge in [0.15, 0.2) is 0 Å². The first kappa shape index (κ1) is 19.8. The second-order valence-electron chi connectivity index (χ2n) is 6.21. The topological polar surface area (TPSA) is 90.3 Å². The number of aryl methyl sites for hydroxylation is 1. The molecule has 1 unspecified atom stereocenters.